The Labute approximate surface area is 159 Å². The predicted octanol–water partition coefficient (Wildman–Crippen LogP) is 5.12. The highest BCUT2D eigenvalue weighted by Gasteiger charge is 2.14. The fourth-order valence-electron chi connectivity index (χ4n) is 3.56. The van der Waals surface area contributed by atoms with E-state index in [1.807, 2.05) is 36.4 Å². The van der Waals surface area contributed by atoms with E-state index in [1.54, 1.807) is 0 Å². The van der Waals surface area contributed by atoms with E-state index in [-0.39, 0.29) is 0 Å². The number of para-hydroxylation sites is 2. The molecule has 0 radical (unpaired) electrons. The van der Waals surface area contributed by atoms with Crippen LogP contribution in [-0.2, 0) is 0 Å². The highest BCUT2D eigenvalue weighted by molar-refractivity contribution is 5.83. The normalized spacial score (nSPS) is 11.0. The molecule has 0 atom stereocenters. The molecule has 0 aliphatic heterocycles. The number of nitrogens with two attached hydrogens (primary N) is 1. The van der Waals surface area contributed by atoms with Gasteiger partial charge in [0.05, 0.1) is 11.0 Å². The summed E-state index contributed by atoms with van der Waals surface area (Å²) in [5, 5.41) is 0. The smallest absolute Gasteiger partial charge is 0.145 e. The van der Waals surface area contributed by atoms with Gasteiger partial charge in [-0.1, -0.05) is 24.3 Å². The summed E-state index contributed by atoms with van der Waals surface area (Å²) >= 11 is 0. The average Bonchev–Trinajstić information content (AvgIpc) is 3.09. The SMILES string of the molecule is CCN(CC)c1ccc(-n2c(-c3cccc(N)c3)nc3ccccc32)cc1. The van der Waals surface area contributed by atoms with Crippen molar-refractivity contribution in [1.29, 1.82) is 0 Å². The lowest BCUT2D eigenvalue weighted by atomic mass is 10.2. The number of imidazole rings is 1. The highest BCUT2D eigenvalue weighted by atomic mass is 15.1. The van der Waals surface area contributed by atoms with Crippen LogP contribution in [0.5, 0.6) is 0 Å². The molecule has 27 heavy (non-hydrogen) atoms. The van der Waals surface area contributed by atoms with Crippen LogP contribution >= 0.6 is 0 Å². The third-order valence-corrected chi connectivity index (χ3v) is 4.94. The summed E-state index contributed by atoms with van der Waals surface area (Å²) in [4.78, 5) is 7.23. The quantitative estimate of drug-likeness (QED) is 0.505. The third-order valence-electron chi connectivity index (χ3n) is 4.94. The lowest BCUT2D eigenvalue weighted by molar-refractivity contribution is 0.866. The van der Waals surface area contributed by atoms with Crippen LogP contribution in [-0.4, -0.2) is 22.6 Å². The van der Waals surface area contributed by atoms with E-state index in [2.05, 4.69) is 59.7 Å². The van der Waals surface area contributed by atoms with Crippen molar-refractivity contribution >= 4 is 22.4 Å². The molecule has 0 spiro atoms. The molecule has 4 nitrogen and oxygen atoms in total. The molecule has 4 aromatic rings. The average molecular weight is 356 g/mol. The minimum atomic E-state index is 0.739. The Morgan fingerprint density at radius 1 is 0.889 bits per heavy atom. The number of fused-ring (bicyclic) bond motifs is 1. The zero-order valence-corrected chi connectivity index (χ0v) is 15.8. The number of aromatic nitrogens is 2. The van der Waals surface area contributed by atoms with Gasteiger partial charge in [-0.15, -0.1) is 0 Å². The van der Waals surface area contributed by atoms with Crippen molar-refractivity contribution in [3.63, 3.8) is 0 Å². The fourth-order valence-corrected chi connectivity index (χ4v) is 3.56. The van der Waals surface area contributed by atoms with Crippen molar-refractivity contribution in [1.82, 2.24) is 9.55 Å². The first-order chi connectivity index (χ1) is 13.2. The van der Waals surface area contributed by atoms with Crippen molar-refractivity contribution in [3.8, 4) is 17.1 Å². The summed E-state index contributed by atoms with van der Waals surface area (Å²) in [7, 11) is 0. The first kappa shape index (κ1) is 17.2. The van der Waals surface area contributed by atoms with E-state index in [0.717, 1.165) is 46.9 Å². The molecule has 2 N–H and O–H groups in total. The van der Waals surface area contributed by atoms with Gasteiger partial charge in [-0.2, -0.15) is 0 Å². The molecule has 1 heterocycles. The largest absolute Gasteiger partial charge is 0.399 e. The van der Waals surface area contributed by atoms with Gasteiger partial charge in [-0.25, -0.2) is 4.98 Å². The minimum absolute atomic E-state index is 0.739. The number of anilines is 2. The summed E-state index contributed by atoms with van der Waals surface area (Å²) in [5.74, 6) is 0.902. The predicted molar refractivity (Wildman–Crippen MR) is 114 cm³/mol. The summed E-state index contributed by atoms with van der Waals surface area (Å²) in [6, 6.07) is 24.8. The van der Waals surface area contributed by atoms with Gasteiger partial charge in [0, 0.05) is 35.7 Å². The zero-order valence-electron chi connectivity index (χ0n) is 15.8. The van der Waals surface area contributed by atoms with Crippen LogP contribution in [0.2, 0.25) is 0 Å². The number of hydrogen-bond donors (Lipinski definition) is 1. The van der Waals surface area contributed by atoms with Crippen molar-refractivity contribution < 1.29 is 0 Å². The molecule has 136 valence electrons. The second-order valence-corrected chi connectivity index (χ2v) is 6.57. The summed E-state index contributed by atoms with van der Waals surface area (Å²) in [6.07, 6.45) is 0. The first-order valence-corrected chi connectivity index (χ1v) is 9.40. The van der Waals surface area contributed by atoms with Gasteiger partial charge in [0.25, 0.3) is 0 Å². The number of hydrogen-bond acceptors (Lipinski definition) is 3. The molecule has 0 bridgehead atoms. The Kier molecular flexibility index (Phi) is 4.55. The molecular weight excluding hydrogens is 332 g/mol. The van der Waals surface area contributed by atoms with Crippen LogP contribution in [0.4, 0.5) is 11.4 Å². The van der Waals surface area contributed by atoms with Crippen molar-refractivity contribution in [3.05, 3.63) is 72.8 Å². The van der Waals surface area contributed by atoms with Crippen LogP contribution in [0.3, 0.4) is 0 Å². The Morgan fingerprint density at radius 3 is 2.33 bits per heavy atom. The molecule has 4 rings (SSSR count). The van der Waals surface area contributed by atoms with E-state index in [1.165, 1.54) is 5.69 Å². The van der Waals surface area contributed by atoms with E-state index < -0.39 is 0 Å². The highest BCUT2D eigenvalue weighted by Crippen LogP contribution is 2.30. The van der Waals surface area contributed by atoms with E-state index >= 15 is 0 Å². The zero-order chi connectivity index (χ0) is 18.8. The Balaban J connectivity index is 1.89. The fraction of sp³-hybridized carbons (Fsp3) is 0.174. The van der Waals surface area contributed by atoms with Gasteiger partial charge < -0.3 is 10.6 Å². The molecule has 0 saturated carbocycles. The second-order valence-electron chi connectivity index (χ2n) is 6.57. The maximum Gasteiger partial charge on any atom is 0.145 e. The van der Waals surface area contributed by atoms with Crippen molar-refractivity contribution in [2.45, 2.75) is 13.8 Å². The minimum Gasteiger partial charge on any atom is -0.399 e. The maximum atomic E-state index is 6.02. The molecule has 4 heteroatoms. The summed E-state index contributed by atoms with van der Waals surface area (Å²) < 4.78 is 2.20. The molecule has 1 aromatic heterocycles. The Bertz CT molecular complexity index is 1060. The molecule has 0 saturated heterocycles. The molecule has 0 aliphatic carbocycles. The summed E-state index contributed by atoms with van der Waals surface area (Å²) in [6.45, 7) is 6.36. The van der Waals surface area contributed by atoms with Gasteiger partial charge in [-0.05, 0) is 62.4 Å². The number of rotatable bonds is 5. The lowest BCUT2D eigenvalue weighted by Gasteiger charge is -2.21. The lowest BCUT2D eigenvalue weighted by Crippen LogP contribution is -2.21. The number of nitrogens with zero attached hydrogens (tertiary/aromatic N) is 3. The monoisotopic (exact) mass is 356 g/mol. The van der Waals surface area contributed by atoms with Crippen molar-refractivity contribution in [2.75, 3.05) is 23.7 Å². The van der Waals surface area contributed by atoms with E-state index in [0.29, 0.717) is 0 Å². The molecule has 0 aliphatic rings. The van der Waals surface area contributed by atoms with Crippen LogP contribution < -0.4 is 10.6 Å². The second kappa shape index (κ2) is 7.16. The van der Waals surface area contributed by atoms with Gasteiger partial charge in [-0.3, -0.25) is 4.57 Å². The number of nitrogen functional groups attached to an aromatic ring is 1. The topological polar surface area (TPSA) is 47.1 Å². The standard InChI is InChI=1S/C23H24N4/c1-3-26(4-2)19-12-14-20(15-13-19)27-22-11-6-5-10-21(22)25-23(27)17-8-7-9-18(24)16-17/h5-16H,3-4,24H2,1-2H3. The van der Waals surface area contributed by atoms with E-state index in [9.17, 15) is 0 Å². The Morgan fingerprint density at radius 2 is 1.63 bits per heavy atom. The molecule has 3 aromatic carbocycles. The van der Waals surface area contributed by atoms with Gasteiger partial charge in [0.15, 0.2) is 0 Å². The Hall–Kier alpha value is -3.27. The first-order valence-electron chi connectivity index (χ1n) is 9.40. The molecule has 0 unspecified atom stereocenters. The van der Waals surface area contributed by atoms with Crippen LogP contribution in [0.1, 0.15) is 13.8 Å². The third kappa shape index (κ3) is 3.14. The maximum absolute atomic E-state index is 6.02. The van der Waals surface area contributed by atoms with Gasteiger partial charge >= 0.3 is 0 Å². The van der Waals surface area contributed by atoms with Gasteiger partial charge in [0.1, 0.15) is 5.82 Å². The van der Waals surface area contributed by atoms with Crippen molar-refractivity contribution in [2.24, 2.45) is 0 Å². The van der Waals surface area contributed by atoms with Gasteiger partial charge in [0.2, 0.25) is 0 Å². The molecule has 0 fully saturated rings. The molecular formula is C23H24N4. The van der Waals surface area contributed by atoms with E-state index in [4.69, 9.17) is 10.7 Å². The summed E-state index contributed by atoms with van der Waals surface area (Å²) in [5.41, 5.74) is 12.2. The number of benzene rings is 3. The van der Waals surface area contributed by atoms with Crippen LogP contribution in [0.25, 0.3) is 28.1 Å². The van der Waals surface area contributed by atoms with Crippen LogP contribution in [0, 0.1) is 0 Å². The van der Waals surface area contributed by atoms with Crippen LogP contribution in [0.15, 0.2) is 72.8 Å². The molecule has 0 amide bonds.